The molecule has 22 heavy (non-hydrogen) atoms. The van der Waals surface area contributed by atoms with Crippen molar-refractivity contribution in [2.24, 2.45) is 0 Å². The SMILES string of the molecule is C=CCCOc1c(C(F)(F)F)cnn1-c1ccc(Cl)cc1Cl. The van der Waals surface area contributed by atoms with E-state index in [1.807, 2.05) is 0 Å². The lowest BCUT2D eigenvalue weighted by atomic mass is 10.3. The molecule has 0 saturated heterocycles. The van der Waals surface area contributed by atoms with Crippen molar-refractivity contribution in [3.05, 3.63) is 52.7 Å². The summed E-state index contributed by atoms with van der Waals surface area (Å²) < 4.78 is 45.4. The van der Waals surface area contributed by atoms with Crippen LogP contribution in [0.4, 0.5) is 13.2 Å². The van der Waals surface area contributed by atoms with E-state index in [1.54, 1.807) is 6.08 Å². The van der Waals surface area contributed by atoms with Crippen LogP contribution < -0.4 is 4.74 Å². The van der Waals surface area contributed by atoms with Crippen LogP contribution in [0.25, 0.3) is 5.69 Å². The molecular formula is C14H11Cl2F3N2O. The van der Waals surface area contributed by atoms with E-state index in [0.29, 0.717) is 17.6 Å². The number of hydrogen-bond donors (Lipinski definition) is 0. The fraction of sp³-hybridized carbons (Fsp3) is 0.214. The predicted molar refractivity (Wildman–Crippen MR) is 78.9 cm³/mol. The van der Waals surface area contributed by atoms with E-state index in [2.05, 4.69) is 11.7 Å². The van der Waals surface area contributed by atoms with Gasteiger partial charge in [0.05, 0.1) is 23.5 Å². The first-order chi connectivity index (χ1) is 10.3. The number of ether oxygens (including phenoxy) is 1. The van der Waals surface area contributed by atoms with Gasteiger partial charge in [-0.3, -0.25) is 0 Å². The van der Waals surface area contributed by atoms with E-state index in [9.17, 15) is 13.2 Å². The van der Waals surface area contributed by atoms with E-state index < -0.39 is 17.6 Å². The highest BCUT2D eigenvalue weighted by atomic mass is 35.5. The van der Waals surface area contributed by atoms with E-state index in [-0.39, 0.29) is 17.3 Å². The molecule has 0 spiro atoms. The molecule has 118 valence electrons. The Morgan fingerprint density at radius 3 is 2.64 bits per heavy atom. The summed E-state index contributed by atoms with van der Waals surface area (Å²) in [6, 6.07) is 4.39. The summed E-state index contributed by atoms with van der Waals surface area (Å²) >= 11 is 11.8. The zero-order chi connectivity index (χ0) is 16.3. The summed E-state index contributed by atoms with van der Waals surface area (Å²) in [4.78, 5) is 0. The Balaban J connectivity index is 2.50. The molecule has 0 aliphatic carbocycles. The van der Waals surface area contributed by atoms with Crippen LogP contribution in [0, 0.1) is 0 Å². The number of aromatic nitrogens is 2. The molecule has 0 unspecified atom stereocenters. The first-order valence-corrected chi connectivity index (χ1v) is 6.94. The number of hydrogen-bond acceptors (Lipinski definition) is 2. The Kier molecular flexibility index (Phi) is 5.03. The Labute approximate surface area is 134 Å². The molecule has 0 aliphatic rings. The summed E-state index contributed by atoms with van der Waals surface area (Å²) in [5.74, 6) is -0.418. The second-order valence-corrected chi connectivity index (χ2v) is 5.14. The first-order valence-electron chi connectivity index (χ1n) is 6.19. The molecule has 1 aromatic heterocycles. The summed E-state index contributed by atoms with van der Waals surface area (Å²) in [7, 11) is 0. The highest BCUT2D eigenvalue weighted by Gasteiger charge is 2.38. The lowest BCUT2D eigenvalue weighted by Crippen LogP contribution is -2.10. The van der Waals surface area contributed by atoms with Gasteiger partial charge < -0.3 is 4.74 Å². The predicted octanol–water partition coefficient (Wildman–Crippen LogP) is 5.15. The molecule has 0 bridgehead atoms. The number of nitrogens with zero attached hydrogens (tertiary/aromatic N) is 2. The van der Waals surface area contributed by atoms with Gasteiger partial charge in [-0.05, 0) is 24.6 Å². The highest BCUT2D eigenvalue weighted by Crippen LogP contribution is 2.38. The van der Waals surface area contributed by atoms with Gasteiger partial charge in [-0.1, -0.05) is 29.3 Å². The van der Waals surface area contributed by atoms with Gasteiger partial charge in [0.25, 0.3) is 0 Å². The Morgan fingerprint density at radius 2 is 2.05 bits per heavy atom. The van der Waals surface area contributed by atoms with Crippen LogP contribution in [0.5, 0.6) is 5.88 Å². The molecule has 0 radical (unpaired) electrons. The maximum Gasteiger partial charge on any atom is 0.423 e. The van der Waals surface area contributed by atoms with Crippen molar-refractivity contribution in [2.75, 3.05) is 6.61 Å². The highest BCUT2D eigenvalue weighted by molar-refractivity contribution is 6.35. The summed E-state index contributed by atoms with van der Waals surface area (Å²) in [5, 5.41) is 4.27. The lowest BCUT2D eigenvalue weighted by molar-refractivity contribution is -0.139. The van der Waals surface area contributed by atoms with Gasteiger partial charge in [-0.15, -0.1) is 6.58 Å². The van der Waals surface area contributed by atoms with Crippen molar-refractivity contribution in [1.82, 2.24) is 9.78 Å². The standard InChI is InChI=1S/C14H11Cl2F3N2O/c1-2-3-6-22-13-10(14(17,18)19)8-20-21(13)12-5-4-9(15)7-11(12)16/h2,4-5,7-8H,1,3,6H2. The molecule has 2 rings (SSSR count). The maximum atomic E-state index is 13.0. The van der Waals surface area contributed by atoms with Crippen molar-refractivity contribution in [1.29, 1.82) is 0 Å². The van der Waals surface area contributed by atoms with Crippen LogP contribution in [-0.4, -0.2) is 16.4 Å². The van der Waals surface area contributed by atoms with Gasteiger partial charge in [-0.2, -0.15) is 23.0 Å². The first kappa shape index (κ1) is 16.7. The van der Waals surface area contributed by atoms with Crippen LogP contribution in [0.3, 0.4) is 0 Å². The number of alkyl halides is 3. The van der Waals surface area contributed by atoms with E-state index in [1.165, 1.54) is 18.2 Å². The molecule has 2 aromatic rings. The molecular weight excluding hydrogens is 340 g/mol. The number of benzene rings is 1. The van der Waals surface area contributed by atoms with Crippen molar-refractivity contribution in [3.63, 3.8) is 0 Å². The van der Waals surface area contributed by atoms with Gasteiger partial charge >= 0.3 is 6.18 Å². The lowest BCUT2D eigenvalue weighted by Gasteiger charge is -2.13. The molecule has 8 heteroatoms. The second kappa shape index (κ2) is 6.62. The molecule has 1 heterocycles. The van der Waals surface area contributed by atoms with Crippen LogP contribution in [0.1, 0.15) is 12.0 Å². The smallest absolute Gasteiger partial charge is 0.423 e. The van der Waals surface area contributed by atoms with Crippen molar-refractivity contribution in [3.8, 4) is 11.6 Å². The summed E-state index contributed by atoms with van der Waals surface area (Å²) in [6.45, 7) is 3.54. The monoisotopic (exact) mass is 350 g/mol. The minimum atomic E-state index is -4.58. The Bertz CT molecular complexity index is 683. The largest absolute Gasteiger partial charge is 0.477 e. The minimum Gasteiger partial charge on any atom is -0.477 e. The van der Waals surface area contributed by atoms with Crippen molar-refractivity contribution >= 4 is 23.2 Å². The van der Waals surface area contributed by atoms with E-state index in [0.717, 1.165) is 4.68 Å². The second-order valence-electron chi connectivity index (χ2n) is 4.29. The number of halogens is 5. The molecule has 1 aromatic carbocycles. The average molecular weight is 351 g/mol. The van der Waals surface area contributed by atoms with Crippen molar-refractivity contribution in [2.45, 2.75) is 12.6 Å². The fourth-order valence-corrected chi connectivity index (χ4v) is 2.22. The average Bonchev–Trinajstić information content (AvgIpc) is 2.83. The molecule has 0 atom stereocenters. The van der Waals surface area contributed by atoms with Crippen molar-refractivity contribution < 1.29 is 17.9 Å². The van der Waals surface area contributed by atoms with Gasteiger partial charge in [0.1, 0.15) is 5.56 Å². The Hall–Kier alpha value is -1.66. The topological polar surface area (TPSA) is 27.1 Å². The summed E-state index contributed by atoms with van der Waals surface area (Å²) in [5.41, 5.74) is -0.724. The van der Waals surface area contributed by atoms with Crippen LogP contribution in [-0.2, 0) is 6.18 Å². The zero-order valence-electron chi connectivity index (χ0n) is 11.2. The van der Waals surface area contributed by atoms with E-state index in [4.69, 9.17) is 27.9 Å². The maximum absolute atomic E-state index is 13.0. The normalized spacial score (nSPS) is 11.5. The molecule has 0 aliphatic heterocycles. The molecule has 3 nitrogen and oxygen atoms in total. The van der Waals surface area contributed by atoms with E-state index >= 15 is 0 Å². The van der Waals surface area contributed by atoms with Crippen LogP contribution >= 0.6 is 23.2 Å². The quantitative estimate of drug-likeness (QED) is 0.550. The molecule has 0 amide bonds. The van der Waals surface area contributed by atoms with Crippen LogP contribution in [0.15, 0.2) is 37.1 Å². The summed E-state index contributed by atoms with van der Waals surface area (Å²) in [6.07, 6.45) is -1.94. The molecule has 0 saturated carbocycles. The minimum absolute atomic E-state index is 0.0451. The number of rotatable bonds is 5. The molecule has 0 N–H and O–H groups in total. The fourth-order valence-electron chi connectivity index (χ4n) is 1.73. The Morgan fingerprint density at radius 1 is 1.32 bits per heavy atom. The van der Waals surface area contributed by atoms with Crippen LogP contribution in [0.2, 0.25) is 10.0 Å². The zero-order valence-corrected chi connectivity index (χ0v) is 12.7. The third kappa shape index (κ3) is 3.56. The third-order valence-corrected chi connectivity index (χ3v) is 3.27. The van der Waals surface area contributed by atoms with Gasteiger partial charge in [-0.25, -0.2) is 0 Å². The van der Waals surface area contributed by atoms with Gasteiger partial charge in [0.2, 0.25) is 5.88 Å². The molecule has 0 fully saturated rings. The third-order valence-electron chi connectivity index (χ3n) is 2.73. The van der Waals surface area contributed by atoms with Gasteiger partial charge in [0.15, 0.2) is 0 Å². The van der Waals surface area contributed by atoms with Gasteiger partial charge in [0, 0.05) is 5.02 Å².